The van der Waals surface area contributed by atoms with Crippen molar-refractivity contribution >= 4 is 23.2 Å². The van der Waals surface area contributed by atoms with Crippen molar-refractivity contribution in [2.45, 2.75) is 44.8 Å². The van der Waals surface area contributed by atoms with Crippen LogP contribution in [-0.2, 0) is 14.3 Å². The molecule has 2 rings (SSSR count). The Morgan fingerprint density at radius 2 is 1.91 bits per heavy atom. The Kier molecular flexibility index (Phi) is 5.91. The van der Waals surface area contributed by atoms with Crippen molar-refractivity contribution in [3.8, 4) is 0 Å². The topological polar surface area (TPSA) is 93.5 Å². The van der Waals surface area contributed by atoms with E-state index in [-0.39, 0.29) is 24.0 Å². The first-order chi connectivity index (χ1) is 10.5. The van der Waals surface area contributed by atoms with Crippen molar-refractivity contribution in [2.75, 3.05) is 17.2 Å². The summed E-state index contributed by atoms with van der Waals surface area (Å²) in [6.45, 7) is 2.52. The molecule has 1 aliphatic heterocycles. The van der Waals surface area contributed by atoms with Crippen molar-refractivity contribution in [2.24, 2.45) is 5.73 Å². The molecule has 0 spiro atoms. The number of amides is 2. The summed E-state index contributed by atoms with van der Waals surface area (Å²) in [5, 5.41) is 5.61. The minimum Gasteiger partial charge on any atom is -0.368 e. The van der Waals surface area contributed by atoms with Gasteiger partial charge in [-0.2, -0.15) is 0 Å². The van der Waals surface area contributed by atoms with Crippen molar-refractivity contribution < 1.29 is 14.3 Å². The number of rotatable bonds is 6. The summed E-state index contributed by atoms with van der Waals surface area (Å²) in [5.41, 5.74) is 7.01. The first kappa shape index (κ1) is 16.5. The first-order valence-corrected chi connectivity index (χ1v) is 7.62. The van der Waals surface area contributed by atoms with E-state index in [1.807, 2.05) is 6.92 Å². The van der Waals surface area contributed by atoms with Crippen LogP contribution in [0.15, 0.2) is 24.3 Å². The van der Waals surface area contributed by atoms with Crippen LogP contribution in [0.3, 0.4) is 0 Å². The second-order valence-electron chi connectivity index (χ2n) is 5.63. The highest BCUT2D eigenvalue weighted by molar-refractivity contribution is 5.95. The van der Waals surface area contributed by atoms with Crippen LogP contribution in [0.1, 0.15) is 32.6 Å². The zero-order valence-electron chi connectivity index (χ0n) is 12.8. The minimum atomic E-state index is -0.349. The van der Waals surface area contributed by atoms with Crippen LogP contribution in [0.2, 0.25) is 0 Å². The number of nitrogens with one attached hydrogen (secondary N) is 2. The van der Waals surface area contributed by atoms with Gasteiger partial charge < -0.3 is 21.1 Å². The standard InChI is InChI=1S/C16H23N3O3/c1-11(17)4-9-15(20)18-12-5-7-13(8-6-12)19-16(21)14-3-2-10-22-14/h5-8,11,14H,2-4,9-10,17H2,1H3,(H,18,20)(H,19,21). The highest BCUT2D eigenvalue weighted by Gasteiger charge is 2.23. The van der Waals surface area contributed by atoms with Crippen LogP contribution in [0.5, 0.6) is 0 Å². The fraction of sp³-hybridized carbons (Fsp3) is 0.500. The molecule has 22 heavy (non-hydrogen) atoms. The van der Waals surface area contributed by atoms with Crippen molar-refractivity contribution in [3.63, 3.8) is 0 Å². The minimum absolute atomic E-state index is 0.0149. The molecule has 1 saturated heterocycles. The SMILES string of the molecule is CC(N)CCC(=O)Nc1ccc(NC(=O)C2CCCO2)cc1. The zero-order chi connectivity index (χ0) is 15.9. The van der Waals surface area contributed by atoms with Gasteiger partial charge in [-0.3, -0.25) is 9.59 Å². The quantitative estimate of drug-likeness (QED) is 0.748. The highest BCUT2D eigenvalue weighted by atomic mass is 16.5. The predicted octanol–water partition coefficient (Wildman–Crippen LogP) is 1.87. The molecule has 6 heteroatoms. The zero-order valence-corrected chi connectivity index (χ0v) is 12.8. The van der Waals surface area contributed by atoms with Crippen molar-refractivity contribution in [1.29, 1.82) is 0 Å². The van der Waals surface area contributed by atoms with Crippen molar-refractivity contribution in [3.05, 3.63) is 24.3 Å². The molecule has 2 atom stereocenters. The van der Waals surface area contributed by atoms with E-state index in [9.17, 15) is 9.59 Å². The molecule has 0 bridgehead atoms. The third-order valence-electron chi connectivity index (χ3n) is 3.49. The van der Waals surface area contributed by atoms with Gasteiger partial charge in [0, 0.05) is 30.4 Å². The number of hydrogen-bond acceptors (Lipinski definition) is 4. The Balaban J connectivity index is 1.82. The lowest BCUT2D eigenvalue weighted by atomic mass is 10.2. The third kappa shape index (κ3) is 5.13. The molecule has 120 valence electrons. The van der Waals surface area contributed by atoms with Gasteiger partial charge >= 0.3 is 0 Å². The molecule has 2 amide bonds. The number of ether oxygens (including phenoxy) is 1. The molecule has 1 heterocycles. The van der Waals surface area contributed by atoms with Gasteiger partial charge in [0.15, 0.2) is 0 Å². The number of hydrogen-bond donors (Lipinski definition) is 3. The van der Waals surface area contributed by atoms with E-state index in [0.717, 1.165) is 12.8 Å². The maximum absolute atomic E-state index is 11.9. The molecule has 1 aromatic rings. The molecule has 2 unspecified atom stereocenters. The van der Waals surface area contributed by atoms with E-state index >= 15 is 0 Å². The summed E-state index contributed by atoms with van der Waals surface area (Å²) in [6.07, 6.45) is 2.39. The van der Waals surface area contributed by atoms with Crippen LogP contribution in [0.4, 0.5) is 11.4 Å². The second kappa shape index (κ2) is 7.91. The summed E-state index contributed by atoms with van der Waals surface area (Å²) < 4.78 is 5.33. The smallest absolute Gasteiger partial charge is 0.253 e. The number of anilines is 2. The molecule has 0 radical (unpaired) electrons. The second-order valence-corrected chi connectivity index (χ2v) is 5.63. The molecule has 1 aromatic carbocycles. The van der Waals surface area contributed by atoms with Gasteiger partial charge in [0.1, 0.15) is 6.10 Å². The molecule has 1 aliphatic rings. The highest BCUT2D eigenvalue weighted by Crippen LogP contribution is 2.17. The molecule has 0 aromatic heterocycles. The number of carbonyl (C=O) groups is 2. The van der Waals surface area contributed by atoms with Gasteiger partial charge in [-0.1, -0.05) is 0 Å². The van der Waals surface area contributed by atoms with Gasteiger partial charge in [0.2, 0.25) is 5.91 Å². The van der Waals surface area contributed by atoms with E-state index in [2.05, 4.69) is 10.6 Å². The first-order valence-electron chi connectivity index (χ1n) is 7.62. The molecule has 4 N–H and O–H groups in total. The van der Waals surface area contributed by atoms with Gasteiger partial charge in [-0.25, -0.2) is 0 Å². The Bertz CT molecular complexity index is 508. The van der Waals surface area contributed by atoms with Gasteiger partial charge in [-0.15, -0.1) is 0 Å². The molecular formula is C16H23N3O3. The Morgan fingerprint density at radius 3 is 2.45 bits per heavy atom. The van der Waals surface area contributed by atoms with E-state index in [0.29, 0.717) is 30.8 Å². The molecule has 6 nitrogen and oxygen atoms in total. The van der Waals surface area contributed by atoms with Crippen LogP contribution in [-0.4, -0.2) is 30.6 Å². The largest absolute Gasteiger partial charge is 0.368 e. The molecule has 1 fully saturated rings. The Morgan fingerprint density at radius 1 is 1.27 bits per heavy atom. The molecule has 0 aliphatic carbocycles. The maximum atomic E-state index is 11.9. The Labute approximate surface area is 130 Å². The predicted molar refractivity (Wildman–Crippen MR) is 85.6 cm³/mol. The molecule has 0 saturated carbocycles. The summed E-state index contributed by atoms with van der Waals surface area (Å²) in [7, 11) is 0. The van der Waals surface area contributed by atoms with Crippen LogP contribution in [0.25, 0.3) is 0 Å². The lowest BCUT2D eigenvalue weighted by molar-refractivity contribution is -0.124. The van der Waals surface area contributed by atoms with Gasteiger partial charge in [0.25, 0.3) is 5.91 Å². The third-order valence-corrected chi connectivity index (χ3v) is 3.49. The lowest BCUT2D eigenvalue weighted by Gasteiger charge is -2.11. The lowest BCUT2D eigenvalue weighted by Crippen LogP contribution is -2.26. The van der Waals surface area contributed by atoms with E-state index < -0.39 is 0 Å². The summed E-state index contributed by atoms with van der Waals surface area (Å²) in [4.78, 5) is 23.6. The normalized spacial score (nSPS) is 18.7. The monoisotopic (exact) mass is 305 g/mol. The van der Waals surface area contributed by atoms with E-state index in [1.54, 1.807) is 24.3 Å². The van der Waals surface area contributed by atoms with E-state index in [4.69, 9.17) is 10.5 Å². The summed E-state index contributed by atoms with van der Waals surface area (Å²) >= 11 is 0. The van der Waals surface area contributed by atoms with Crippen LogP contribution < -0.4 is 16.4 Å². The number of benzene rings is 1. The van der Waals surface area contributed by atoms with Crippen molar-refractivity contribution in [1.82, 2.24) is 0 Å². The van der Waals surface area contributed by atoms with Gasteiger partial charge in [0.05, 0.1) is 0 Å². The average Bonchev–Trinajstić information content (AvgIpc) is 3.01. The Hall–Kier alpha value is -1.92. The van der Waals surface area contributed by atoms with Crippen LogP contribution in [0, 0.1) is 0 Å². The maximum Gasteiger partial charge on any atom is 0.253 e. The summed E-state index contributed by atoms with van der Waals surface area (Å²) in [5.74, 6) is -0.181. The number of carbonyl (C=O) groups excluding carboxylic acids is 2. The average molecular weight is 305 g/mol. The van der Waals surface area contributed by atoms with Gasteiger partial charge in [-0.05, 0) is 50.5 Å². The molecular weight excluding hydrogens is 282 g/mol. The van der Waals surface area contributed by atoms with Crippen LogP contribution >= 0.6 is 0 Å². The fourth-order valence-corrected chi connectivity index (χ4v) is 2.23. The fourth-order valence-electron chi connectivity index (χ4n) is 2.23. The number of nitrogens with two attached hydrogens (primary N) is 1. The summed E-state index contributed by atoms with van der Waals surface area (Å²) in [6, 6.07) is 7.05. The van der Waals surface area contributed by atoms with E-state index in [1.165, 1.54) is 0 Å².